The first-order valence-electron chi connectivity index (χ1n) is 12.1. The molecule has 15 heteroatoms. The molecule has 0 aromatic carbocycles. The van der Waals surface area contributed by atoms with Crippen molar-refractivity contribution in [3.8, 4) is 17.4 Å². The molecule has 1 fully saturated rings. The number of rotatable bonds is 11. The van der Waals surface area contributed by atoms with Crippen molar-refractivity contribution in [3.63, 3.8) is 0 Å². The highest BCUT2D eigenvalue weighted by Gasteiger charge is 2.37. The monoisotopic (exact) mass is 548 g/mol. The molecule has 38 heavy (non-hydrogen) atoms. The van der Waals surface area contributed by atoms with E-state index in [2.05, 4.69) is 34.9 Å². The van der Waals surface area contributed by atoms with Crippen molar-refractivity contribution in [1.82, 2.24) is 34.7 Å². The van der Waals surface area contributed by atoms with Gasteiger partial charge in [-0.1, -0.05) is 0 Å². The summed E-state index contributed by atoms with van der Waals surface area (Å²) in [6, 6.07) is 0. The lowest BCUT2D eigenvalue weighted by Gasteiger charge is -2.25. The lowest BCUT2D eigenvalue weighted by molar-refractivity contribution is 0.00152. The van der Waals surface area contributed by atoms with Crippen LogP contribution in [0.2, 0.25) is 0 Å². The summed E-state index contributed by atoms with van der Waals surface area (Å²) in [4.78, 5) is 17.0. The number of sulfonamides is 1. The van der Waals surface area contributed by atoms with Crippen molar-refractivity contribution in [2.75, 3.05) is 25.5 Å². The summed E-state index contributed by atoms with van der Waals surface area (Å²) >= 11 is 0. The second-order valence-corrected chi connectivity index (χ2v) is 11.1. The molecular formula is C23H32N8O6S. The van der Waals surface area contributed by atoms with Gasteiger partial charge in [-0.25, -0.2) is 18.4 Å². The molecule has 4 heterocycles. The number of aromatic nitrogens is 7. The summed E-state index contributed by atoms with van der Waals surface area (Å²) in [6.45, 7) is 7.53. The van der Waals surface area contributed by atoms with Gasteiger partial charge in [0.25, 0.3) is 0 Å². The Labute approximate surface area is 221 Å². The van der Waals surface area contributed by atoms with Crippen LogP contribution in [-0.2, 0) is 19.5 Å². The van der Waals surface area contributed by atoms with Gasteiger partial charge in [0.05, 0.1) is 20.3 Å². The number of nitrogens with zero attached hydrogens (tertiary/aromatic N) is 7. The first-order chi connectivity index (χ1) is 18.2. The summed E-state index contributed by atoms with van der Waals surface area (Å²) in [5, 5.41) is 7.32. The van der Waals surface area contributed by atoms with Crippen LogP contribution in [0.3, 0.4) is 0 Å². The molecule has 3 atom stereocenters. The number of hydrogen-bond acceptors (Lipinski definition) is 12. The van der Waals surface area contributed by atoms with E-state index in [4.69, 9.17) is 18.9 Å². The van der Waals surface area contributed by atoms with Gasteiger partial charge in [0.15, 0.2) is 17.3 Å². The van der Waals surface area contributed by atoms with Gasteiger partial charge in [-0.15, -0.1) is 10.2 Å². The lowest BCUT2D eigenvalue weighted by Crippen LogP contribution is -2.35. The fraction of sp³-hybridized carbons (Fsp3) is 0.565. The van der Waals surface area contributed by atoms with E-state index in [1.54, 1.807) is 12.4 Å². The lowest BCUT2D eigenvalue weighted by atomic mass is 10.2. The van der Waals surface area contributed by atoms with Crippen molar-refractivity contribution < 1.29 is 27.4 Å². The standard InChI is InChI=1S/C23H32N8O6S/c1-13(2)37-18(19-24-10-14(3)11-25-19)15(4)38(32,33)30-23-29-28-20(16-8-7-9-36-16)31(23)17-21(34-5)26-12-27-22(17)35-6/h10-13,15-16,18H,7-9H2,1-6H3,(H,29,30)/t15-,16-,18+/m0/s1. The second kappa shape index (κ2) is 11.5. The largest absolute Gasteiger partial charge is 0.479 e. The van der Waals surface area contributed by atoms with Crippen LogP contribution in [0.4, 0.5) is 5.95 Å². The summed E-state index contributed by atoms with van der Waals surface area (Å²) in [7, 11) is -1.27. The molecule has 0 spiro atoms. The van der Waals surface area contributed by atoms with Gasteiger partial charge in [0.2, 0.25) is 27.7 Å². The van der Waals surface area contributed by atoms with Gasteiger partial charge in [-0.2, -0.15) is 9.97 Å². The van der Waals surface area contributed by atoms with Crippen LogP contribution < -0.4 is 14.2 Å². The van der Waals surface area contributed by atoms with Crippen LogP contribution in [0.15, 0.2) is 18.7 Å². The Bertz CT molecular complexity index is 1320. The minimum absolute atomic E-state index is 0.109. The minimum Gasteiger partial charge on any atom is -0.479 e. The molecule has 0 unspecified atom stereocenters. The second-order valence-electron chi connectivity index (χ2n) is 9.04. The molecule has 3 aromatic rings. The smallest absolute Gasteiger partial charge is 0.245 e. The molecule has 206 valence electrons. The summed E-state index contributed by atoms with van der Waals surface area (Å²) < 4.78 is 54.2. The number of nitrogens with one attached hydrogen (secondary N) is 1. The fourth-order valence-corrected chi connectivity index (χ4v) is 5.10. The Morgan fingerprint density at radius 1 is 1.05 bits per heavy atom. The van der Waals surface area contributed by atoms with Gasteiger partial charge in [0.1, 0.15) is 23.8 Å². The van der Waals surface area contributed by atoms with E-state index in [1.165, 1.54) is 32.0 Å². The topological polar surface area (TPSA) is 165 Å². The van der Waals surface area contributed by atoms with E-state index in [1.807, 2.05) is 20.8 Å². The molecule has 1 aliphatic heterocycles. The highest BCUT2D eigenvalue weighted by Crippen LogP contribution is 2.37. The fourth-order valence-electron chi connectivity index (χ4n) is 4.02. The summed E-state index contributed by atoms with van der Waals surface area (Å²) in [5.41, 5.74) is 1.07. The van der Waals surface area contributed by atoms with Crippen molar-refractivity contribution in [2.24, 2.45) is 0 Å². The highest BCUT2D eigenvalue weighted by atomic mass is 32.2. The van der Waals surface area contributed by atoms with E-state index in [0.29, 0.717) is 18.9 Å². The zero-order valence-electron chi connectivity index (χ0n) is 22.2. The number of anilines is 1. The minimum atomic E-state index is -4.14. The first-order valence-corrected chi connectivity index (χ1v) is 13.7. The molecule has 14 nitrogen and oxygen atoms in total. The number of aryl methyl sites for hydroxylation is 1. The van der Waals surface area contributed by atoms with Crippen LogP contribution in [0, 0.1) is 6.92 Å². The Morgan fingerprint density at radius 2 is 1.71 bits per heavy atom. The Hall–Kier alpha value is -3.43. The van der Waals surface area contributed by atoms with Crippen LogP contribution in [0.25, 0.3) is 5.69 Å². The molecule has 1 N–H and O–H groups in total. The predicted molar refractivity (Wildman–Crippen MR) is 136 cm³/mol. The normalized spacial score (nSPS) is 17.4. The van der Waals surface area contributed by atoms with Crippen LogP contribution >= 0.6 is 0 Å². The highest BCUT2D eigenvalue weighted by molar-refractivity contribution is 7.93. The molecule has 4 rings (SSSR count). The average Bonchev–Trinajstić information content (AvgIpc) is 3.56. The number of ether oxygens (including phenoxy) is 4. The van der Waals surface area contributed by atoms with Crippen molar-refractivity contribution in [3.05, 3.63) is 35.9 Å². The van der Waals surface area contributed by atoms with Gasteiger partial charge >= 0.3 is 0 Å². The van der Waals surface area contributed by atoms with Crippen molar-refractivity contribution in [2.45, 2.75) is 64.1 Å². The summed E-state index contributed by atoms with van der Waals surface area (Å²) in [5.74, 6) is 0.776. The van der Waals surface area contributed by atoms with Crippen molar-refractivity contribution >= 4 is 16.0 Å². The first kappa shape index (κ1) is 27.6. The third kappa shape index (κ3) is 5.68. The van der Waals surface area contributed by atoms with Crippen molar-refractivity contribution in [1.29, 1.82) is 0 Å². The maximum Gasteiger partial charge on any atom is 0.245 e. The van der Waals surface area contributed by atoms with Crippen LogP contribution in [-0.4, -0.2) is 75.3 Å². The SMILES string of the molecule is COc1ncnc(OC)c1-n1c(NS(=O)(=O)[C@@H](C)[C@@H](OC(C)C)c2ncc(C)cn2)nnc1[C@@H]1CCCO1. The van der Waals surface area contributed by atoms with Gasteiger partial charge in [-0.3, -0.25) is 9.29 Å². The van der Waals surface area contributed by atoms with Gasteiger partial charge in [-0.05, 0) is 46.1 Å². The van der Waals surface area contributed by atoms with Crippen LogP contribution in [0.5, 0.6) is 11.8 Å². The third-order valence-corrected chi connectivity index (χ3v) is 7.59. The molecule has 1 saturated heterocycles. The Kier molecular flexibility index (Phi) is 8.38. The third-order valence-electron chi connectivity index (χ3n) is 5.89. The molecule has 0 amide bonds. The maximum atomic E-state index is 13.7. The van der Waals surface area contributed by atoms with E-state index >= 15 is 0 Å². The van der Waals surface area contributed by atoms with E-state index in [9.17, 15) is 8.42 Å². The van der Waals surface area contributed by atoms with E-state index in [0.717, 1.165) is 12.0 Å². The zero-order valence-corrected chi connectivity index (χ0v) is 23.0. The average molecular weight is 549 g/mol. The van der Waals surface area contributed by atoms with Gasteiger partial charge in [0, 0.05) is 19.0 Å². The quantitative estimate of drug-likeness (QED) is 0.372. The van der Waals surface area contributed by atoms with Gasteiger partial charge < -0.3 is 18.9 Å². The van der Waals surface area contributed by atoms with Crippen LogP contribution in [0.1, 0.15) is 63.0 Å². The molecule has 0 aliphatic carbocycles. The molecule has 0 bridgehead atoms. The van der Waals surface area contributed by atoms with E-state index in [-0.39, 0.29) is 35.3 Å². The van der Waals surface area contributed by atoms with E-state index < -0.39 is 27.5 Å². The Balaban J connectivity index is 1.78. The molecule has 0 saturated carbocycles. The molecule has 3 aromatic heterocycles. The molecule has 0 radical (unpaired) electrons. The molecule has 1 aliphatic rings. The Morgan fingerprint density at radius 3 is 2.26 bits per heavy atom. The zero-order chi connectivity index (χ0) is 27.4. The summed E-state index contributed by atoms with van der Waals surface area (Å²) in [6.07, 6.45) is 4.34. The maximum absolute atomic E-state index is 13.7. The number of methoxy groups -OCH3 is 2. The molecular weight excluding hydrogens is 516 g/mol. The number of hydrogen-bond donors (Lipinski definition) is 1. The predicted octanol–water partition coefficient (Wildman–Crippen LogP) is 2.32.